The summed E-state index contributed by atoms with van der Waals surface area (Å²) in [6, 6.07) is 18.4. The van der Waals surface area contributed by atoms with Gasteiger partial charge in [-0.2, -0.15) is 5.10 Å². The largest absolute Gasteiger partial charge is 0.342 e. The minimum absolute atomic E-state index is 0.200. The average molecular weight is 446 g/mol. The van der Waals surface area contributed by atoms with Crippen LogP contribution in [0.1, 0.15) is 29.3 Å². The SMILES string of the molecule is CN(CC(=O)N1CCC(c2nc3ccccc3s2)CC1)Cc1cnn(-c2ccccc2)c1. The van der Waals surface area contributed by atoms with Gasteiger partial charge in [0.15, 0.2) is 0 Å². The van der Waals surface area contributed by atoms with Crippen LogP contribution in [0.4, 0.5) is 0 Å². The number of thiazole rings is 1. The molecule has 2 aromatic carbocycles. The zero-order valence-electron chi connectivity index (χ0n) is 18.2. The summed E-state index contributed by atoms with van der Waals surface area (Å²) in [5, 5.41) is 5.66. The van der Waals surface area contributed by atoms with Gasteiger partial charge in [-0.3, -0.25) is 9.69 Å². The minimum Gasteiger partial charge on any atom is -0.342 e. The van der Waals surface area contributed by atoms with E-state index in [0.717, 1.165) is 42.7 Å². The molecule has 0 unspecified atom stereocenters. The van der Waals surface area contributed by atoms with E-state index in [4.69, 9.17) is 4.98 Å². The molecule has 7 heteroatoms. The number of likely N-dealkylation sites (tertiary alicyclic amines) is 1. The van der Waals surface area contributed by atoms with Crippen LogP contribution >= 0.6 is 11.3 Å². The lowest BCUT2D eigenvalue weighted by Crippen LogP contribution is -2.42. The second kappa shape index (κ2) is 9.22. The third kappa shape index (κ3) is 4.59. The van der Waals surface area contributed by atoms with Gasteiger partial charge >= 0.3 is 0 Å². The van der Waals surface area contributed by atoms with Crippen molar-refractivity contribution in [2.24, 2.45) is 0 Å². The van der Waals surface area contributed by atoms with Crippen molar-refractivity contribution in [1.29, 1.82) is 0 Å². The Balaban J connectivity index is 1.13. The van der Waals surface area contributed by atoms with Gasteiger partial charge in [-0.1, -0.05) is 30.3 Å². The van der Waals surface area contributed by atoms with Gasteiger partial charge in [0.05, 0.1) is 33.7 Å². The summed E-state index contributed by atoms with van der Waals surface area (Å²) >= 11 is 1.79. The minimum atomic E-state index is 0.200. The van der Waals surface area contributed by atoms with Gasteiger partial charge in [-0.05, 0) is 44.2 Å². The molecule has 1 aliphatic heterocycles. The number of nitrogens with zero attached hydrogens (tertiary/aromatic N) is 5. The highest BCUT2D eigenvalue weighted by atomic mass is 32.1. The lowest BCUT2D eigenvalue weighted by atomic mass is 9.97. The van der Waals surface area contributed by atoms with Gasteiger partial charge in [-0.25, -0.2) is 9.67 Å². The fraction of sp³-hybridized carbons (Fsp3) is 0.320. The van der Waals surface area contributed by atoms with Gasteiger partial charge < -0.3 is 4.90 Å². The highest BCUT2D eigenvalue weighted by Gasteiger charge is 2.26. The first-order valence-electron chi connectivity index (χ1n) is 11.1. The van der Waals surface area contributed by atoms with Crippen LogP contribution in [0.15, 0.2) is 67.0 Å². The number of likely N-dealkylation sites (N-methyl/N-ethyl adjacent to an activating group) is 1. The number of para-hydroxylation sites is 2. The predicted octanol–water partition coefficient (Wildman–Crippen LogP) is 4.32. The van der Waals surface area contributed by atoms with Crippen LogP contribution in [0.25, 0.3) is 15.9 Å². The Morgan fingerprint density at radius 1 is 1.09 bits per heavy atom. The third-order valence-corrected chi connectivity index (χ3v) is 7.22. The van der Waals surface area contributed by atoms with E-state index in [0.29, 0.717) is 19.0 Å². The number of aromatic nitrogens is 3. The molecule has 4 aromatic rings. The van der Waals surface area contributed by atoms with Gasteiger partial charge in [0.2, 0.25) is 5.91 Å². The van der Waals surface area contributed by atoms with Crippen molar-refractivity contribution < 1.29 is 4.79 Å². The summed E-state index contributed by atoms with van der Waals surface area (Å²) in [7, 11) is 1.99. The summed E-state index contributed by atoms with van der Waals surface area (Å²) in [5.74, 6) is 0.656. The second-order valence-electron chi connectivity index (χ2n) is 8.48. The van der Waals surface area contributed by atoms with E-state index in [-0.39, 0.29) is 5.91 Å². The molecule has 0 atom stereocenters. The van der Waals surface area contributed by atoms with Crippen LogP contribution in [0.5, 0.6) is 0 Å². The van der Waals surface area contributed by atoms with E-state index >= 15 is 0 Å². The molecule has 3 heterocycles. The fourth-order valence-electron chi connectivity index (χ4n) is 4.30. The van der Waals surface area contributed by atoms with Gasteiger partial charge in [-0.15, -0.1) is 11.3 Å². The Bertz CT molecular complexity index is 1160. The molecule has 1 saturated heterocycles. The zero-order valence-corrected chi connectivity index (χ0v) is 19.0. The highest BCUT2D eigenvalue weighted by Crippen LogP contribution is 2.33. The van der Waals surface area contributed by atoms with E-state index in [9.17, 15) is 4.79 Å². The van der Waals surface area contributed by atoms with E-state index in [1.165, 1.54) is 9.71 Å². The number of fused-ring (bicyclic) bond motifs is 1. The Kier molecular flexibility index (Phi) is 6.01. The predicted molar refractivity (Wildman–Crippen MR) is 128 cm³/mol. The lowest BCUT2D eigenvalue weighted by molar-refractivity contribution is -0.133. The molecule has 32 heavy (non-hydrogen) atoms. The Hall–Kier alpha value is -3.03. The maximum Gasteiger partial charge on any atom is 0.236 e. The number of hydrogen-bond acceptors (Lipinski definition) is 5. The van der Waals surface area contributed by atoms with E-state index in [1.807, 2.05) is 65.4 Å². The van der Waals surface area contributed by atoms with E-state index in [1.54, 1.807) is 11.3 Å². The van der Waals surface area contributed by atoms with Crippen LogP contribution < -0.4 is 0 Å². The number of piperidine rings is 1. The molecule has 0 radical (unpaired) electrons. The molecule has 5 rings (SSSR count). The quantitative estimate of drug-likeness (QED) is 0.444. The summed E-state index contributed by atoms with van der Waals surface area (Å²) < 4.78 is 3.12. The third-order valence-electron chi connectivity index (χ3n) is 6.02. The lowest BCUT2D eigenvalue weighted by Gasteiger charge is -2.32. The monoisotopic (exact) mass is 445 g/mol. The van der Waals surface area contributed by atoms with Gasteiger partial charge in [0.1, 0.15) is 0 Å². The smallest absolute Gasteiger partial charge is 0.236 e. The van der Waals surface area contributed by atoms with Crippen molar-refractivity contribution in [1.82, 2.24) is 24.6 Å². The Morgan fingerprint density at radius 3 is 2.62 bits per heavy atom. The first-order chi connectivity index (χ1) is 15.7. The summed E-state index contributed by atoms with van der Waals surface area (Å²) in [6.45, 7) is 2.72. The van der Waals surface area contributed by atoms with Crippen LogP contribution in [-0.4, -0.2) is 57.2 Å². The molecule has 0 saturated carbocycles. The van der Waals surface area contributed by atoms with E-state index < -0.39 is 0 Å². The number of rotatable bonds is 6. The second-order valence-corrected chi connectivity index (χ2v) is 9.54. The molecule has 0 spiro atoms. The van der Waals surface area contributed by atoms with Gasteiger partial charge in [0, 0.05) is 37.3 Å². The van der Waals surface area contributed by atoms with Crippen molar-refractivity contribution >= 4 is 27.5 Å². The number of amides is 1. The Labute approximate surface area is 192 Å². The molecule has 1 aliphatic rings. The Morgan fingerprint density at radius 2 is 1.84 bits per heavy atom. The van der Waals surface area contributed by atoms with Crippen molar-refractivity contribution in [2.75, 3.05) is 26.7 Å². The maximum absolute atomic E-state index is 12.9. The summed E-state index contributed by atoms with van der Waals surface area (Å²) in [6.07, 6.45) is 5.87. The zero-order chi connectivity index (χ0) is 21.9. The van der Waals surface area contributed by atoms with Crippen molar-refractivity contribution in [3.63, 3.8) is 0 Å². The molecule has 1 fully saturated rings. The van der Waals surface area contributed by atoms with Crippen LogP contribution in [0.2, 0.25) is 0 Å². The normalized spacial score (nSPS) is 15.0. The standard InChI is InChI=1S/C25H27N5OS/c1-28(16-19-15-26-30(17-19)21-7-3-2-4-8-21)18-24(31)29-13-11-20(12-14-29)25-27-22-9-5-6-10-23(22)32-25/h2-10,15,17,20H,11-14,16,18H2,1H3. The van der Waals surface area contributed by atoms with Crippen LogP contribution in [0, 0.1) is 0 Å². The van der Waals surface area contributed by atoms with E-state index in [2.05, 4.69) is 28.2 Å². The first kappa shape index (κ1) is 20.8. The molecule has 1 amide bonds. The highest BCUT2D eigenvalue weighted by molar-refractivity contribution is 7.18. The topological polar surface area (TPSA) is 54.3 Å². The number of benzene rings is 2. The number of hydrogen-bond donors (Lipinski definition) is 0. The molecule has 0 bridgehead atoms. The summed E-state index contributed by atoms with van der Waals surface area (Å²) in [5.41, 5.74) is 3.22. The van der Waals surface area contributed by atoms with Crippen molar-refractivity contribution in [2.45, 2.75) is 25.3 Å². The molecular formula is C25H27N5OS. The average Bonchev–Trinajstić information content (AvgIpc) is 3.47. The number of carbonyl (C=O) groups is 1. The van der Waals surface area contributed by atoms with Crippen molar-refractivity contribution in [3.05, 3.63) is 77.6 Å². The molecular weight excluding hydrogens is 418 g/mol. The molecule has 164 valence electrons. The van der Waals surface area contributed by atoms with Crippen molar-refractivity contribution in [3.8, 4) is 5.69 Å². The molecule has 0 N–H and O–H groups in total. The molecule has 6 nitrogen and oxygen atoms in total. The van der Waals surface area contributed by atoms with Gasteiger partial charge in [0.25, 0.3) is 0 Å². The summed E-state index contributed by atoms with van der Waals surface area (Å²) in [4.78, 5) is 21.8. The fourth-order valence-corrected chi connectivity index (χ4v) is 5.44. The molecule has 0 aliphatic carbocycles. The number of carbonyl (C=O) groups excluding carboxylic acids is 1. The molecule has 2 aromatic heterocycles. The first-order valence-corrected chi connectivity index (χ1v) is 11.9. The van der Waals surface area contributed by atoms with Crippen LogP contribution in [-0.2, 0) is 11.3 Å². The maximum atomic E-state index is 12.9. The van der Waals surface area contributed by atoms with Crippen LogP contribution in [0.3, 0.4) is 0 Å².